The van der Waals surface area contributed by atoms with Crippen molar-refractivity contribution in [2.24, 2.45) is 11.7 Å². The average Bonchev–Trinajstić information content (AvgIpc) is 2.91. The average molecular weight is 262 g/mol. The Kier molecular flexibility index (Phi) is 4.73. The van der Waals surface area contributed by atoms with Gasteiger partial charge in [-0.3, -0.25) is 0 Å². The van der Waals surface area contributed by atoms with Crippen LogP contribution in [-0.4, -0.2) is 18.6 Å². The van der Waals surface area contributed by atoms with E-state index in [1.807, 2.05) is 17.6 Å². The summed E-state index contributed by atoms with van der Waals surface area (Å²) < 4.78 is 5.23. The smallest absolute Gasteiger partial charge is 0.119 e. The van der Waals surface area contributed by atoms with E-state index in [1.165, 1.54) is 5.56 Å². The lowest BCUT2D eigenvalue weighted by molar-refractivity contribution is 0.413. The third-order valence-corrected chi connectivity index (χ3v) is 3.61. The molecule has 1 atom stereocenters. The highest BCUT2D eigenvalue weighted by Crippen LogP contribution is 2.18. The van der Waals surface area contributed by atoms with Gasteiger partial charge in [-0.05, 0) is 43.0 Å². The zero-order valence-electron chi connectivity index (χ0n) is 10.5. The van der Waals surface area contributed by atoms with Crippen LogP contribution >= 0.6 is 11.3 Å². The van der Waals surface area contributed by atoms with Gasteiger partial charge in [0.25, 0.3) is 0 Å². The van der Waals surface area contributed by atoms with Gasteiger partial charge in [-0.15, -0.1) is 11.3 Å². The van der Waals surface area contributed by atoms with E-state index in [0.717, 1.165) is 24.3 Å². The number of rotatable bonds is 6. The van der Waals surface area contributed by atoms with Gasteiger partial charge in [-0.1, -0.05) is 12.1 Å². The second kappa shape index (κ2) is 6.52. The monoisotopic (exact) mass is 262 g/mol. The van der Waals surface area contributed by atoms with E-state index < -0.39 is 0 Å². The van der Waals surface area contributed by atoms with Crippen LogP contribution in [0.4, 0.5) is 0 Å². The molecule has 0 amide bonds. The number of hydrogen-bond acceptors (Lipinski definition) is 4. The second-order valence-corrected chi connectivity index (χ2v) is 5.06. The van der Waals surface area contributed by atoms with Crippen molar-refractivity contribution < 1.29 is 4.74 Å². The minimum Gasteiger partial charge on any atom is -0.497 e. The van der Waals surface area contributed by atoms with Crippen molar-refractivity contribution in [2.75, 3.05) is 13.7 Å². The van der Waals surface area contributed by atoms with Crippen molar-refractivity contribution in [3.63, 3.8) is 0 Å². The molecule has 2 rings (SSSR count). The molecule has 18 heavy (non-hydrogen) atoms. The van der Waals surface area contributed by atoms with Crippen molar-refractivity contribution in [2.45, 2.75) is 12.8 Å². The van der Waals surface area contributed by atoms with Gasteiger partial charge in [0.1, 0.15) is 5.75 Å². The number of benzene rings is 1. The van der Waals surface area contributed by atoms with Gasteiger partial charge in [0, 0.05) is 5.38 Å². The Morgan fingerprint density at radius 3 is 2.94 bits per heavy atom. The Labute approximate surface area is 112 Å². The zero-order valence-corrected chi connectivity index (χ0v) is 11.3. The van der Waals surface area contributed by atoms with Gasteiger partial charge in [0.15, 0.2) is 0 Å². The van der Waals surface area contributed by atoms with Crippen molar-refractivity contribution in [1.82, 2.24) is 4.98 Å². The number of methoxy groups -OCH3 is 1. The fraction of sp³-hybridized carbons (Fsp3) is 0.357. The highest BCUT2D eigenvalue weighted by atomic mass is 32.1. The molecule has 0 saturated carbocycles. The van der Waals surface area contributed by atoms with Crippen LogP contribution in [0.5, 0.6) is 5.75 Å². The van der Waals surface area contributed by atoms with Gasteiger partial charge in [0.2, 0.25) is 0 Å². The van der Waals surface area contributed by atoms with E-state index in [0.29, 0.717) is 12.5 Å². The van der Waals surface area contributed by atoms with Crippen LogP contribution in [0, 0.1) is 5.92 Å². The van der Waals surface area contributed by atoms with Crippen molar-refractivity contribution >= 4 is 11.3 Å². The predicted molar refractivity (Wildman–Crippen MR) is 75.1 cm³/mol. The Bertz CT molecular complexity index is 470. The lowest BCUT2D eigenvalue weighted by atomic mass is 9.95. The molecule has 0 aliphatic carbocycles. The number of aromatic nitrogens is 1. The van der Waals surface area contributed by atoms with E-state index in [9.17, 15) is 0 Å². The van der Waals surface area contributed by atoms with E-state index >= 15 is 0 Å². The summed E-state index contributed by atoms with van der Waals surface area (Å²) >= 11 is 1.63. The summed E-state index contributed by atoms with van der Waals surface area (Å²) in [7, 11) is 1.69. The van der Waals surface area contributed by atoms with Crippen molar-refractivity contribution in [3.05, 3.63) is 46.4 Å². The Balaban J connectivity index is 2.00. The molecule has 96 valence electrons. The zero-order chi connectivity index (χ0) is 12.8. The van der Waals surface area contributed by atoms with Crippen LogP contribution in [0.25, 0.3) is 0 Å². The summed E-state index contributed by atoms with van der Waals surface area (Å²) in [6.07, 6.45) is 1.91. The van der Waals surface area contributed by atoms with Gasteiger partial charge in [-0.25, -0.2) is 4.98 Å². The molecule has 0 saturated heterocycles. The van der Waals surface area contributed by atoms with Crippen LogP contribution in [0.3, 0.4) is 0 Å². The molecular formula is C14H18N2OS. The maximum Gasteiger partial charge on any atom is 0.119 e. The Morgan fingerprint density at radius 2 is 2.28 bits per heavy atom. The van der Waals surface area contributed by atoms with Crippen molar-refractivity contribution in [1.29, 1.82) is 0 Å². The van der Waals surface area contributed by atoms with Crippen molar-refractivity contribution in [3.8, 4) is 5.75 Å². The van der Waals surface area contributed by atoms with Gasteiger partial charge >= 0.3 is 0 Å². The van der Waals surface area contributed by atoms with E-state index in [-0.39, 0.29) is 0 Å². The van der Waals surface area contributed by atoms with Gasteiger partial charge < -0.3 is 10.5 Å². The molecule has 0 fully saturated rings. The fourth-order valence-corrected chi connectivity index (χ4v) is 2.58. The number of ether oxygens (including phenoxy) is 1. The standard InChI is InChI=1S/C14H18N2OS/c1-17-14-4-2-3-11(7-14)5-12(8-15)6-13-9-18-10-16-13/h2-4,7,9-10,12H,5-6,8,15H2,1H3. The predicted octanol–water partition coefficient (Wildman–Crippen LogP) is 2.51. The molecule has 0 radical (unpaired) electrons. The number of hydrogen-bond donors (Lipinski definition) is 1. The molecule has 1 aromatic heterocycles. The Morgan fingerprint density at radius 1 is 1.39 bits per heavy atom. The summed E-state index contributed by atoms with van der Waals surface area (Å²) in [6, 6.07) is 8.17. The SMILES string of the molecule is COc1cccc(CC(CN)Cc2cscn2)c1. The highest BCUT2D eigenvalue weighted by molar-refractivity contribution is 7.07. The molecule has 0 spiro atoms. The summed E-state index contributed by atoms with van der Waals surface area (Å²) in [5.74, 6) is 1.33. The third-order valence-electron chi connectivity index (χ3n) is 2.97. The molecule has 4 heteroatoms. The highest BCUT2D eigenvalue weighted by Gasteiger charge is 2.10. The molecule has 2 N–H and O–H groups in total. The van der Waals surface area contributed by atoms with Gasteiger partial charge in [0.05, 0.1) is 18.3 Å². The lowest BCUT2D eigenvalue weighted by Crippen LogP contribution is -2.19. The number of thiazole rings is 1. The quantitative estimate of drug-likeness (QED) is 0.870. The number of nitrogens with two attached hydrogens (primary N) is 1. The first-order chi connectivity index (χ1) is 8.81. The minimum absolute atomic E-state index is 0.430. The Hall–Kier alpha value is -1.39. The first-order valence-electron chi connectivity index (χ1n) is 6.02. The molecule has 2 aromatic rings. The van der Waals surface area contributed by atoms with Crippen LogP contribution in [0.15, 0.2) is 35.2 Å². The normalized spacial score (nSPS) is 12.3. The molecule has 0 aliphatic heterocycles. The molecule has 0 aliphatic rings. The molecule has 1 unspecified atom stereocenters. The topological polar surface area (TPSA) is 48.1 Å². The lowest BCUT2D eigenvalue weighted by Gasteiger charge is -2.14. The van der Waals surface area contributed by atoms with E-state index in [4.69, 9.17) is 10.5 Å². The van der Waals surface area contributed by atoms with Crippen LogP contribution in [-0.2, 0) is 12.8 Å². The van der Waals surface area contributed by atoms with Gasteiger partial charge in [-0.2, -0.15) is 0 Å². The molecular weight excluding hydrogens is 244 g/mol. The maximum absolute atomic E-state index is 5.85. The van der Waals surface area contributed by atoms with Crippen LogP contribution in [0.1, 0.15) is 11.3 Å². The van der Waals surface area contributed by atoms with Crippen LogP contribution < -0.4 is 10.5 Å². The largest absolute Gasteiger partial charge is 0.497 e. The summed E-state index contributed by atoms with van der Waals surface area (Å²) in [5.41, 5.74) is 10.1. The summed E-state index contributed by atoms with van der Waals surface area (Å²) in [5, 5.41) is 2.09. The molecule has 1 heterocycles. The van der Waals surface area contributed by atoms with Crippen LogP contribution in [0.2, 0.25) is 0 Å². The minimum atomic E-state index is 0.430. The maximum atomic E-state index is 5.85. The molecule has 3 nitrogen and oxygen atoms in total. The molecule has 0 bridgehead atoms. The molecule has 1 aromatic carbocycles. The third kappa shape index (κ3) is 3.55. The summed E-state index contributed by atoms with van der Waals surface area (Å²) in [6.45, 7) is 0.675. The summed E-state index contributed by atoms with van der Waals surface area (Å²) in [4.78, 5) is 4.32. The fourth-order valence-electron chi connectivity index (χ4n) is 2.01. The van der Waals surface area contributed by atoms with E-state index in [1.54, 1.807) is 18.4 Å². The second-order valence-electron chi connectivity index (χ2n) is 4.34. The first-order valence-corrected chi connectivity index (χ1v) is 6.96. The number of nitrogens with zero attached hydrogens (tertiary/aromatic N) is 1. The van der Waals surface area contributed by atoms with E-state index in [2.05, 4.69) is 22.5 Å². The first kappa shape index (κ1) is 13.1.